The number of nitrogens with zero attached hydrogens (tertiary/aromatic N) is 2. The number of benzene rings is 1. The predicted molar refractivity (Wildman–Crippen MR) is 202 cm³/mol. The molecule has 0 saturated heterocycles. The SMILES string of the molecule is CC1(C)CC(=O)c2c(C(F)(F)F)nn(-c3ccc(C(N)=O)c(NC4CCC(OC(=O)CCNC(=O)CCCCN)CC4)c3)c2C1.CN.CSO.CSO. The van der Waals surface area contributed by atoms with Crippen molar-refractivity contribution in [2.24, 2.45) is 22.6 Å². The Morgan fingerprint density at radius 2 is 1.64 bits per heavy atom. The second-order valence-electron chi connectivity index (χ2n) is 12.9. The van der Waals surface area contributed by atoms with Crippen LogP contribution in [-0.4, -0.2) is 87.2 Å². The highest BCUT2D eigenvalue weighted by Gasteiger charge is 2.45. The van der Waals surface area contributed by atoms with Crippen molar-refractivity contribution in [1.29, 1.82) is 0 Å². The van der Waals surface area contributed by atoms with E-state index in [1.54, 1.807) is 12.5 Å². The van der Waals surface area contributed by atoms with Crippen LogP contribution in [-0.2, 0) is 26.9 Å². The van der Waals surface area contributed by atoms with E-state index in [0.717, 1.165) is 35.2 Å². The van der Waals surface area contributed by atoms with Crippen LogP contribution in [0.5, 0.6) is 0 Å². The van der Waals surface area contributed by atoms with E-state index in [1.165, 1.54) is 25.2 Å². The van der Waals surface area contributed by atoms with E-state index < -0.39 is 40.5 Å². The molecule has 1 saturated carbocycles. The largest absolute Gasteiger partial charge is 0.462 e. The maximum absolute atomic E-state index is 13.9. The third kappa shape index (κ3) is 15.5. The van der Waals surface area contributed by atoms with Crippen LogP contribution in [0.3, 0.4) is 0 Å². The number of hydrogen-bond donors (Lipinski definition) is 7. The number of amides is 2. The van der Waals surface area contributed by atoms with Gasteiger partial charge >= 0.3 is 12.1 Å². The van der Waals surface area contributed by atoms with Crippen molar-refractivity contribution in [1.82, 2.24) is 15.1 Å². The molecule has 1 heterocycles. The Morgan fingerprint density at radius 3 is 2.19 bits per heavy atom. The number of ether oxygens (including phenoxy) is 1. The number of Topliss-reactive ketones (excluding diaryl/α,β-unsaturated/α-hetero) is 1. The van der Waals surface area contributed by atoms with Crippen molar-refractivity contribution in [3.05, 3.63) is 40.7 Å². The zero-order chi connectivity index (χ0) is 40.4. The molecule has 300 valence electrons. The van der Waals surface area contributed by atoms with Crippen LogP contribution in [0.1, 0.15) is 104 Å². The molecule has 0 spiro atoms. The Balaban J connectivity index is 0.00000162. The summed E-state index contributed by atoms with van der Waals surface area (Å²) < 4.78 is 63.5. The Morgan fingerprint density at radius 1 is 1.04 bits per heavy atom. The second kappa shape index (κ2) is 23.4. The molecule has 1 fully saturated rings. The van der Waals surface area contributed by atoms with E-state index >= 15 is 0 Å². The van der Waals surface area contributed by atoms with Gasteiger partial charge in [0.25, 0.3) is 5.91 Å². The van der Waals surface area contributed by atoms with Gasteiger partial charge < -0.3 is 41.7 Å². The first kappa shape index (κ1) is 47.7. The molecule has 10 N–H and O–H groups in total. The van der Waals surface area contributed by atoms with Gasteiger partial charge in [-0.1, -0.05) is 13.8 Å². The molecular formula is C34H54F3N7O7S2. The van der Waals surface area contributed by atoms with E-state index in [4.69, 9.17) is 25.3 Å². The average Bonchev–Trinajstić information content (AvgIpc) is 3.47. The molecular weight excluding hydrogens is 740 g/mol. The number of esters is 1. The summed E-state index contributed by atoms with van der Waals surface area (Å²) in [6, 6.07) is 4.29. The number of ketones is 1. The Bertz CT molecular complexity index is 1480. The van der Waals surface area contributed by atoms with Crippen LogP contribution < -0.4 is 27.8 Å². The van der Waals surface area contributed by atoms with E-state index in [1.807, 2.05) is 13.8 Å². The number of rotatable bonds is 12. The molecule has 4 rings (SSSR count). The van der Waals surface area contributed by atoms with Crippen molar-refractivity contribution in [2.45, 2.75) is 96.4 Å². The van der Waals surface area contributed by atoms with Crippen molar-refractivity contribution in [3.63, 3.8) is 0 Å². The fourth-order valence-electron chi connectivity index (χ4n) is 5.97. The molecule has 0 atom stereocenters. The van der Waals surface area contributed by atoms with Gasteiger partial charge in [-0.05, 0) is 106 Å². The van der Waals surface area contributed by atoms with Crippen LogP contribution >= 0.6 is 24.1 Å². The van der Waals surface area contributed by atoms with Gasteiger partial charge in [-0.2, -0.15) is 18.3 Å². The monoisotopic (exact) mass is 793 g/mol. The van der Waals surface area contributed by atoms with Crippen LogP contribution in [0.4, 0.5) is 18.9 Å². The Hall–Kier alpha value is -3.36. The van der Waals surface area contributed by atoms with Crippen molar-refractivity contribution in [2.75, 3.05) is 38.0 Å². The summed E-state index contributed by atoms with van der Waals surface area (Å²) in [6.07, 6.45) is 2.44. The molecule has 0 aliphatic heterocycles. The summed E-state index contributed by atoms with van der Waals surface area (Å²) in [4.78, 5) is 49.1. The van der Waals surface area contributed by atoms with Crippen molar-refractivity contribution < 1.29 is 46.2 Å². The first-order valence-electron chi connectivity index (χ1n) is 17.0. The number of nitrogens with two attached hydrogens (primary N) is 3. The number of halogens is 3. The number of carbonyl (C=O) groups excluding carboxylic acids is 4. The highest BCUT2D eigenvalue weighted by atomic mass is 32.2. The molecule has 2 aliphatic rings. The van der Waals surface area contributed by atoms with Gasteiger partial charge in [0.05, 0.1) is 28.9 Å². The number of fused-ring (bicyclic) bond motifs is 1. The summed E-state index contributed by atoms with van der Waals surface area (Å²) in [5.74, 6) is -1.85. The fourth-order valence-corrected chi connectivity index (χ4v) is 5.97. The van der Waals surface area contributed by atoms with E-state index in [0.29, 0.717) is 50.8 Å². The standard InChI is InChI=1S/C31H41F3N6O5.CH5N.2CH4OS/c1-30(2)16-23-27(24(41)17-30)28(31(32,33)34)39-40(23)19-8-11-21(29(36)44)22(15-19)38-18-6-9-20(10-7-18)45-26(43)12-14-37-25(42)5-3-4-13-35;1-2;2*1-3-2/h8,11,15,18,20,38H,3-7,9-10,12-14,16-17,35H2,1-2H3,(H2,36,44)(H,37,42);2H2,1H3;2*2H,1H3. The lowest BCUT2D eigenvalue weighted by molar-refractivity contribution is -0.150. The molecule has 2 amide bonds. The highest BCUT2D eigenvalue weighted by Crippen LogP contribution is 2.42. The van der Waals surface area contributed by atoms with E-state index in [-0.39, 0.29) is 60.8 Å². The number of primary amides is 1. The van der Waals surface area contributed by atoms with Crippen LogP contribution in [0, 0.1) is 5.41 Å². The van der Waals surface area contributed by atoms with Crippen LogP contribution in [0.25, 0.3) is 5.69 Å². The number of carbonyl (C=O) groups is 4. The third-order valence-corrected chi connectivity index (χ3v) is 8.17. The molecule has 1 aromatic heterocycles. The molecule has 0 bridgehead atoms. The number of anilines is 1. The summed E-state index contributed by atoms with van der Waals surface area (Å²) in [6.45, 7) is 4.36. The van der Waals surface area contributed by atoms with Gasteiger partial charge in [-0.15, -0.1) is 0 Å². The predicted octanol–water partition coefficient (Wildman–Crippen LogP) is 5.27. The molecule has 1 aromatic carbocycles. The van der Waals surface area contributed by atoms with E-state index in [2.05, 4.69) is 21.5 Å². The minimum absolute atomic E-state index is 0.0215. The molecule has 2 aliphatic carbocycles. The van der Waals surface area contributed by atoms with Gasteiger partial charge in [0.15, 0.2) is 11.5 Å². The number of unbranched alkanes of at least 4 members (excludes halogenated alkanes) is 1. The minimum atomic E-state index is -4.82. The summed E-state index contributed by atoms with van der Waals surface area (Å²) in [5, 5.41) is 9.84. The maximum atomic E-state index is 13.9. The van der Waals surface area contributed by atoms with Gasteiger partial charge in [0, 0.05) is 43.6 Å². The molecule has 14 nitrogen and oxygen atoms in total. The molecule has 19 heteroatoms. The lowest BCUT2D eigenvalue weighted by atomic mass is 9.75. The fraction of sp³-hybridized carbons (Fsp3) is 0.618. The number of aromatic nitrogens is 2. The molecule has 53 heavy (non-hydrogen) atoms. The first-order chi connectivity index (χ1) is 25.0. The normalized spacial score (nSPS) is 17.3. The molecule has 2 aromatic rings. The Labute approximate surface area is 317 Å². The summed E-state index contributed by atoms with van der Waals surface area (Å²) >= 11 is 1.50. The number of nitrogens with one attached hydrogen (secondary N) is 2. The van der Waals surface area contributed by atoms with Crippen molar-refractivity contribution in [3.8, 4) is 5.69 Å². The first-order valence-corrected chi connectivity index (χ1v) is 19.4. The quantitative estimate of drug-likeness (QED) is 0.0825. The molecule has 0 radical (unpaired) electrons. The second-order valence-corrected chi connectivity index (χ2v) is 13.7. The van der Waals surface area contributed by atoms with Crippen molar-refractivity contribution >= 4 is 53.3 Å². The van der Waals surface area contributed by atoms with Crippen LogP contribution in [0.2, 0.25) is 0 Å². The average molecular weight is 794 g/mol. The minimum Gasteiger partial charge on any atom is -0.462 e. The van der Waals surface area contributed by atoms with E-state index in [9.17, 15) is 32.3 Å². The highest BCUT2D eigenvalue weighted by molar-refractivity contribution is 7.93. The van der Waals surface area contributed by atoms with Crippen LogP contribution in [0.15, 0.2) is 18.2 Å². The zero-order valence-electron chi connectivity index (χ0n) is 30.9. The number of alkyl halides is 3. The maximum Gasteiger partial charge on any atom is 0.435 e. The van der Waals surface area contributed by atoms with Gasteiger partial charge in [-0.25, -0.2) is 4.68 Å². The van der Waals surface area contributed by atoms with Gasteiger partial charge in [-0.3, -0.25) is 19.2 Å². The summed E-state index contributed by atoms with van der Waals surface area (Å²) in [5.41, 5.74) is 14.3. The van der Waals surface area contributed by atoms with Gasteiger partial charge in [0.2, 0.25) is 5.91 Å². The lowest BCUT2D eigenvalue weighted by Gasteiger charge is -2.30. The smallest absolute Gasteiger partial charge is 0.435 e. The summed E-state index contributed by atoms with van der Waals surface area (Å²) in [7, 11) is 1.50. The third-order valence-electron chi connectivity index (χ3n) is 8.17. The Kier molecular flexibility index (Phi) is 21.1. The topological polar surface area (TPSA) is 238 Å². The van der Waals surface area contributed by atoms with Gasteiger partial charge in [0.1, 0.15) is 6.10 Å². The zero-order valence-corrected chi connectivity index (χ0v) is 32.5. The number of hydrogen-bond acceptors (Lipinski definition) is 13. The molecule has 0 unspecified atom stereocenters. The lowest BCUT2D eigenvalue weighted by Crippen LogP contribution is -2.33.